The molecule has 1 atom stereocenters. The van der Waals surface area contributed by atoms with Gasteiger partial charge in [0, 0.05) is 18.8 Å². The lowest BCUT2D eigenvalue weighted by atomic mass is 9.92. The average Bonchev–Trinajstić information content (AvgIpc) is 3.22. The lowest BCUT2D eigenvalue weighted by molar-refractivity contribution is -0.126. The van der Waals surface area contributed by atoms with E-state index in [1.54, 1.807) is 11.5 Å². The van der Waals surface area contributed by atoms with Crippen molar-refractivity contribution in [1.82, 2.24) is 14.9 Å². The third-order valence-electron chi connectivity index (χ3n) is 5.96. The van der Waals surface area contributed by atoms with Crippen LogP contribution in [0.15, 0.2) is 30.6 Å². The molecule has 0 aliphatic carbocycles. The molecule has 2 amide bonds. The first-order chi connectivity index (χ1) is 16.1. The number of aromatic nitrogens is 2. The number of nitrogens with one attached hydrogen (secondary N) is 1. The fraction of sp³-hybridized carbons (Fsp3) is 0.520. The van der Waals surface area contributed by atoms with E-state index in [0.29, 0.717) is 31.2 Å². The summed E-state index contributed by atoms with van der Waals surface area (Å²) < 4.78 is 11.9. The lowest BCUT2D eigenvalue weighted by Crippen LogP contribution is -2.64. The lowest BCUT2D eigenvalue weighted by Gasteiger charge is -2.43. The fourth-order valence-corrected chi connectivity index (χ4v) is 4.07. The van der Waals surface area contributed by atoms with Crippen LogP contribution in [0.25, 0.3) is 0 Å². The van der Waals surface area contributed by atoms with E-state index in [9.17, 15) is 14.4 Å². The van der Waals surface area contributed by atoms with Crippen LogP contribution in [0.2, 0.25) is 0 Å². The molecule has 0 spiro atoms. The van der Waals surface area contributed by atoms with Crippen LogP contribution in [-0.2, 0) is 20.8 Å². The predicted octanol–water partition coefficient (Wildman–Crippen LogP) is 3.14. The molecule has 2 aromatic rings. The Labute approximate surface area is 200 Å². The number of rotatable bonds is 9. The second-order valence-electron chi connectivity index (χ2n) is 9.25. The molecule has 9 heteroatoms. The van der Waals surface area contributed by atoms with Gasteiger partial charge in [-0.1, -0.05) is 26.0 Å². The van der Waals surface area contributed by atoms with Crippen LogP contribution in [-0.4, -0.2) is 59.2 Å². The molecule has 0 unspecified atom stereocenters. The number of nitrogens with zero attached hydrogens (tertiary/aromatic N) is 3. The summed E-state index contributed by atoms with van der Waals surface area (Å²) in [5.41, 5.74) is 0.486. The molecule has 2 heterocycles. The normalized spacial score (nSPS) is 17.8. The van der Waals surface area contributed by atoms with E-state index in [1.807, 2.05) is 38.1 Å². The molecule has 1 N–H and O–H groups in total. The zero-order valence-corrected chi connectivity index (χ0v) is 20.8. The molecule has 1 aromatic carbocycles. The molecular weight excluding hydrogens is 436 g/mol. The van der Waals surface area contributed by atoms with E-state index in [4.69, 9.17) is 9.47 Å². The highest BCUT2D eigenvalue weighted by molar-refractivity contribution is 6.15. The molecule has 0 radical (unpaired) electrons. The second-order valence-corrected chi connectivity index (χ2v) is 9.25. The summed E-state index contributed by atoms with van der Waals surface area (Å²) >= 11 is 0. The van der Waals surface area contributed by atoms with Crippen molar-refractivity contribution in [3.05, 3.63) is 47.5 Å². The minimum atomic E-state index is -1.24. The molecule has 0 bridgehead atoms. The zero-order chi connectivity index (χ0) is 25.0. The predicted molar refractivity (Wildman–Crippen MR) is 128 cm³/mol. The Bertz CT molecular complexity index is 1040. The van der Waals surface area contributed by atoms with Crippen molar-refractivity contribution in [3.63, 3.8) is 0 Å². The van der Waals surface area contributed by atoms with E-state index in [1.165, 1.54) is 18.3 Å². The number of methoxy groups -OCH3 is 1. The summed E-state index contributed by atoms with van der Waals surface area (Å²) in [7, 11) is 1.24. The van der Waals surface area contributed by atoms with Gasteiger partial charge >= 0.3 is 5.97 Å². The molecule has 1 aliphatic heterocycles. The summed E-state index contributed by atoms with van der Waals surface area (Å²) in [6.07, 6.45) is 2.18. The number of esters is 1. The molecule has 0 saturated heterocycles. The quantitative estimate of drug-likeness (QED) is 0.446. The number of carbonyl (C=O) groups is 3. The minimum Gasteiger partial charge on any atom is -0.464 e. The third kappa shape index (κ3) is 4.99. The van der Waals surface area contributed by atoms with Crippen molar-refractivity contribution >= 4 is 23.5 Å². The van der Waals surface area contributed by atoms with Crippen LogP contribution in [0.5, 0.6) is 0 Å². The maximum atomic E-state index is 13.8. The van der Waals surface area contributed by atoms with Crippen LogP contribution >= 0.6 is 0 Å². The number of hydrogen-bond donors (Lipinski definition) is 1. The number of carbonyl (C=O) groups excluding carboxylic acids is 3. The number of benzene rings is 1. The SMILES string of the molecule is COC(=O)c1ncn2c1C(=O)N(c1ccc(C(C)C)cc1)[C@](C)(C(=O)NCCCOC(C)C)C2. The van der Waals surface area contributed by atoms with Gasteiger partial charge in [0.25, 0.3) is 5.91 Å². The van der Waals surface area contributed by atoms with Crippen LogP contribution in [0.1, 0.15) is 73.5 Å². The molecule has 1 aliphatic rings. The van der Waals surface area contributed by atoms with E-state index < -0.39 is 17.4 Å². The fourth-order valence-electron chi connectivity index (χ4n) is 4.07. The van der Waals surface area contributed by atoms with Gasteiger partial charge < -0.3 is 19.4 Å². The molecule has 34 heavy (non-hydrogen) atoms. The largest absolute Gasteiger partial charge is 0.464 e. The Morgan fingerprint density at radius 2 is 1.85 bits per heavy atom. The van der Waals surface area contributed by atoms with Gasteiger partial charge in [0.15, 0.2) is 5.69 Å². The Balaban J connectivity index is 1.96. The van der Waals surface area contributed by atoms with Crippen molar-refractivity contribution in [2.24, 2.45) is 0 Å². The van der Waals surface area contributed by atoms with Gasteiger partial charge in [0.2, 0.25) is 5.91 Å². The highest BCUT2D eigenvalue weighted by Crippen LogP contribution is 2.34. The summed E-state index contributed by atoms with van der Waals surface area (Å²) in [6, 6.07) is 7.56. The Morgan fingerprint density at radius 1 is 1.18 bits per heavy atom. The second kappa shape index (κ2) is 10.4. The number of hydrogen-bond acceptors (Lipinski definition) is 6. The van der Waals surface area contributed by atoms with Gasteiger partial charge in [0.1, 0.15) is 11.2 Å². The highest BCUT2D eigenvalue weighted by Gasteiger charge is 2.49. The zero-order valence-electron chi connectivity index (χ0n) is 20.8. The number of anilines is 1. The average molecular weight is 471 g/mol. The van der Waals surface area contributed by atoms with E-state index >= 15 is 0 Å². The first-order valence-electron chi connectivity index (χ1n) is 11.6. The number of ether oxygens (including phenoxy) is 2. The molecule has 1 aromatic heterocycles. The van der Waals surface area contributed by atoms with Gasteiger partial charge in [0.05, 0.1) is 26.1 Å². The standard InChI is InChI=1S/C25H34N4O5/c1-16(2)18-8-10-19(11-9-18)29-22(30)21-20(23(31)33-6)27-15-28(21)14-25(29,5)24(32)26-12-7-13-34-17(3)4/h8-11,15-17H,7,12-14H2,1-6H3,(H,26,32)/t25-/m0/s1. The monoisotopic (exact) mass is 470 g/mol. The topological polar surface area (TPSA) is 103 Å². The summed E-state index contributed by atoms with van der Waals surface area (Å²) in [5.74, 6) is -1.16. The summed E-state index contributed by atoms with van der Waals surface area (Å²) in [5, 5.41) is 2.95. The Hall–Kier alpha value is -3.20. The first kappa shape index (κ1) is 25.4. The Kier molecular flexibility index (Phi) is 7.76. The van der Waals surface area contributed by atoms with Crippen molar-refractivity contribution in [1.29, 1.82) is 0 Å². The highest BCUT2D eigenvalue weighted by atomic mass is 16.5. The van der Waals surface area contributed by atoms with Crippen molar-refractivity contribution in [2.45, 2.75) is 65.1 Å². The molecule has 9 nitrogen and oxygen atoms in total. The van der Waals surface area contributed by atoms with E-state index in [2.05, 4.69) is 24.1 Å². The first-order valence-corrected chi connectivity index (χ1v) is 11.6. The van der Waals surface area contributed by atoms with Crippen molar-refractivity contribution in [3.8, 4) is 0 Å². The smallest absolute Gasteiger partial charge is 0.359 e. The maximum Gasteiger partial charge on any atom is 0.359 e. The van der Waals surface area contributed by atoms with Crippen molar-refractivity contribution in [2.75, 3.05) is 25.2 Å². The molecule has 0 fully saturated rings. The molecular formula is C25H34N4O5. The molecule has 3 rings (SSSR count). The summed E-state index contributed by atoms with van der Waals surface area (Å²) in [4.78, 5) is 45.0. The third-order valence-corrected chi connectivity index (χ3v) is 5.96. The summed E-state index contributed by atoms with van der Waals surface area (Å²) in [6.45, 7) is 10.9. The van der Waals surface area contributed by atoms with Crippen LogP contribution in [0, 0.1) is 0 Å². The van der Waals surface area contributed by atoms with Gasteiger partial charge in [-0.15, -0.1) is 0 Å². The van der Waals surface area contributed by atoms with Crippen LogP contribution in [0.4, 0.5) is 5.69 Å². The van der Waals surface area contributed by atoms with Crippen LogP contribution in [0.3, 0.4) is 0 Å². The maximum absolute atomic E-state index is 13.8. The minimum absolute atomic E-state index is 0.0652. The van der Waals surface area contributed by atoms with Crippen LogP contribution < -0.4 is 10.2 Å². The number of fused-ring (bicyclic) bond motifs is 1. The Morgan fingerprint density at radius 3 is 2.44 bits per heavy atom. The van der Waals surface area contributed by atoms with E-state index in [0.717, 1.165) is 5.56 Å². The van der Waals surface area contributed by atoms with Gasteiger partial charge in [-0.25, -0.2) is 9.78 Å². The van der Waals surface area contributed by atoms with Crippen molar-refractivity contribution < 1.29 is 23.9 Å². The number of imidazole rings is 1. The van der Waals surface area contributed by atoms with Gasteiger partial charge in [-0.2, -0.15) is 0 Å². The number of amides is 2. The molecule has 0 saturated carbocycles. The molecule has 184 valence electrons. The van der Waals surface area contributed by atoms with E-state index in [-0.39, 0.29) is 29.9 Å². The van der Waals surface area contributed by atoms with Gasteiger partial charge in [-0.3, -0.25) is 14.5 Å². The van der Waals surface area contributed by atoms with Gasteiger partial charge in [-0.05, 0) is 50.8 Å².